The second-order valence-corrected chi connectivity index (χ2v) is 6.42. The van der Waals surface area contributed by atoms with Gasteiger partial charge < -0.3 is 15.4 Å². The van der Waals surface area contributed by atoms with Gasteiger partial charge in [-0.15, -0.1) is 0 Å². The van der Waals surface area contributed by atoms with Crippen LogP contribution < -0.4 is 10.6 Å². The minimum absolute atomic E-state index is 0.225. The number of rotatable bonds is 5. The Hall–Kier alpha value is -1.70. The molecule has 0 aliphatic carbocycles. The summed E-state index contributed by atoms with van der Waals surface area (Å²) in [5.41, 5.74) is 0.798. The molecular weight excluding hydrogens is 351 g/mol. The van der Waals surface area contributed by atoms with E-state index in [9.17, 15) is 4.39 Å². The van der Waals surface area contributed by atoms with E-state index in [1.807, 2.05) is 12.3 Å². The maximum atomic E-state index is 13.1. The molecule has 1 atom stereocenters. The topological polar surface area (TPSA) is 51.1 Å². The fourth-order valence-corrected chi connectivity index (χ4v) is 2.93. The van der Waals surface area contributed by atoms with Crippen LogP contribution in [-0.2, 0) is 11.3 Å². The van der Waals surface area contributed by atoms with Gasteiger partial charge in [-0.2, -0.15) is 5.10 Å². The third kappa shape index (κ3) is 4.66. The third-order valence-corrected chi connectivity index (χ3v) is 4.34. The Bertz CT molecular complexity index is 718. The summed E-state index contributed by atoms with van der Waals surface area (Å²) in [4.78, 5) is 0. The number of anilines is 1. The van der Waals surface area contributed by atoms with Gasteiger partial charge in [0.05, 0.1) is 12.6 Å². The van der Waals surface area contributed by atoms with Crippen LogP contribution >= 0.6 is 23.8 Å². The molecule has 1 fully saturated rings. The first kappa shape index (κ1) is 17.1. The highest BCUT2D eigenvalue weighted by molar-refractivity contribution is 7.80. The summed E-state index contributed by atoms with van der Waals surface area (Å²) in [6.07, 6.45) is 4.19. The van der Waals surface area contributed by atoms with Crippen LogP contribution in [0.15, 0.2) is 30.5 Å². The van der Waals surface area contributed by atoms with Gasteiger partial charge in [-0.05, 0) is 42.8 Å². The van der Waals surface area contributed by atoms with E-state index < -0.39 is 0 Å². The molecule has 1 aromatic heterocycles. The Morgan fingerprint density at radius 1 is 1.46 bits per heavy atom. The highest BCUT2D eigenvalue weighted by Crippen LogP contribution is 2.18. The number of aromatic nitrogens is 2. The predicted molar refractivity (Wildman–Crippen MR) is 95.9 cm³/mol. The predicted octanol–water partition coefficient (Wildman–Crippen LogP) is 3.19. The number of nitrogens with zero attached hydrogens (tertiary/aromatic N) is 2. The second kappa shape index (κ2) is 7.92. The van der Waals surface area contributed by atoms with Crippen LogP contribution in [0.1, 0.15) is 18.4 Å². The van der Waals surface area contributed by atoms with E-state index in [2.05, 4.69) is 15.7 Å². The van der Waals surface area contributed by atoms with Gasteiger partial charge in [-0.1, -0.05) is 17.7 Å². The van der Waals surface area contributed by atoms with E-state index in [0.29, 0.717) is 29.0 Å². The molecule has 24 heavy (non-hydrogen) atoms. The Morgan fingerprint density at radius 3 is 3.08 bits per heavy atom. The standard InChI is InChI=1S/C16H18ClFN4OS/c17-14-8-12(18)4-3-11(14)10-22-6-5-15(21-22)20-16(24)19-9-13-2-1-7-23-13/h3-6,8,13H,1-2,7,9-10H2,(H2,19,20,21,24). The Labute approximate surface area is 150 Å². The molecule has 5 nitrogen and oxygen atoms in total. The molecule has 1 saturated heterocycles. The lowest BCUT2D eigenvalue weighted by Crippen LogP contribution is -2.34. The number of thiocarbonyl (C=S) groups is 1. The molecule has 0 amide bonds. The minimum atomic E-state index is -0.353. The molecule has 8 heteroatoms. The number of benzene rings is 1. The fourth-order valence-electron chi connectivity index (χ4n) is 2.51. The first-order chi connectivity index (χ1) is 11.6. The molecule has 2 heterocycles. The van der Waals surface area contributed by atoms with Gasteiger partial charge >= 0.3 is 0 Å². The van der Waals surface area contributed by atoms with E-state index in [1.165, 1.54) is 12.1 Å². The van der Waals surface area contributed by atoms with Crippen molar-refractivity contribution in [2.75, 3.05) is 18.5 Å². The Balaban J connectivity index is 1.52. The molecule has 1 aromatic carbocycles. The quantitative estimate of drug-likeness (QED) is 0.794. The number of hydrogen-bond acceptors (Lipinski definition) is 3. The maximum Gasteiger partial charge on any atom is 0.172 e. The zero-order valence-electron chi connectivity index (χ0n) is 13.0. The molecule has 2 aromatic rings. The summed E-state index contributed by atoms with van der Waals surface area (Å²) in [5, 5.41) is 11.4. The van der Waals surface area contributed by atoms with Gasteiger partial charge in [-0.3, -0.25) is 4.68 Å². The molecule has 1 unspecified atom stereocenters. The van der Waals surface area contributed by atoms with Crippen molar-refractivity contribution in [2.45, 2.75) is 25.5 Å². The molecule has 0 bridgehead atoms. The number of nitrogens with one attached hydrogen (secondary N) is 2. The van der Waals surface area contributed by atoms with Crippen molar-refractivity contribution in [1.82, 2.24) is 15.1 Å². The van der Waals surface area contributed by atoms with E-state index in [-0.39, 0.29) is 11.9 Å². The summed E-state index contributed by atoms with van der Waals surface area (Å²) in [6.45, 7) is 1.97. The van der Waals surface area contributed by atoms with Gasteiger partial charge in [0.25, 0.3) is 0 Å². The average Bonchev–Trinajstić information content (AvgIpc) is 3.20. The average molecular weight is 369 g/mol. The van der Waals surface area contributed by atoms with Crippen molar-refractivity contribution in [3.63, 3.8) is 0 Å². The molecular formula is C16H18ClFN4OS. The summed E-state index contributed by atoms with van der Waals surface area (Å²) >= 11 is 11.3. The Kier molecular flexibility index (Phi) is 5.65. The van der Waals surface area contributed by atoms with Crippen LogP contribution in [-0.4, -0.2) is 34.1 Å². The largest absolute Gasteiger partial charge is 0.376 e. The van der Waals surface area contributed by atoms with Gasteiger partial charge in [0.15, 0.2) is 10.9 Å². The monoisotopic (exact) mass is 368 g/mol. The lowest BCUT2D eigenvalue weighted by molar-refractivity contribution is 0.114. The smallest absolute Gasteiger partial charge is 0.172 e. The maximum absolute atomic E-state index is 13.1. The van der Waals surface area contributed by atoms with Gasteiger partial charge in [-0.25, -0.2) is 4.39 Å². The van der Waals surface area contributed by atoms with Crippen LogP contribution in [0, 0.1) is 5.82 Å². The molecule has 0 spiro atoms. The molecule has 1 aliphatic heterocycles. The van der Waals surface area contributed by atoms with Crippen LogP contribution in [0.2, 0.25) is 5.02 Å². The second-order valence-electron chi connectivity index (χ2n) is 5.60. The van der Waals surface area contributed by atoms with E-state index in [0.717, 1.165) is 25.0 Å². The van der Waals surface area contributed by atoms with Crippen molar-refractivity contribution in [3.8, 4) is 0 Å². The van der Waals surface area contributed by atoms with Crippen molar-refractivity contribution in [3.05, 3.63) is 46.9 Å². The third-order valence-electron chi connectivity index (χ3n) is 3.74. The normalized spacial score (nSPS) is 17.0. The van der Waals surface area contributed by atoms with Crippen LogP contribution in [0.4, 0.5) is 10.2 Å². The fraction of sp³-hybridized carbons (Fsp3) is 0.375. The Morgan fingerprint density at radius 2 is 2.33 bits per heavy atom. The van der Waals surface area contributed by atoms with Crippen LogP contribution in [0.5, 0.6) is 0 Å². The van der Waals surface area contributed by atoms with Gasteiger partial charge in [0.1, 0.15) is 5.82 Å². The van der Waals surface area contributed by atoms with Crippen LogP contribution in [0.25, 0.3) is 0 Å². The van der Waals surface area contributed by atoms with Crippen LogP contribution in [0.3, 0.4) is 0 Å². The zero-order valence-corrected chi connectivity index (χ0v) is 14.5. The SMILES string of the molecule is Fc1ccc(Cn2ccc(NC(=S)NCC3CCCO3)n2)c(Cl)c1. The number of ether oxygens (including phenoxy) is 1. The lowest BCUT2D eigenvalue weighted by Gasteiger charge is -2.12. The first-order valence-corrected chi connectivity index (χ1v) is 8.52. The first-order valence-electron chi connectivity index (χ1n) is 7.74. The van der Waals surface area contributed by atoms with Gasteiger partial charge in [0, 0.05) is 30.4 Å². The molecule has 2 N–H and O–H groups in total. The van der Waals surface area contributed by atoms with E-state index in [4.69, 9.17) is 28.6 Å². The summed E-state index contributed by atoms with van der Waals surface area (Å²) in [7, 11) is 0. The highest BCUT2D eigenvalue weighted by Gasteiger charge is 2.15. The molecule has 1 aliphatic rings. The minimum Gasteiger partial charge on any atom is -0.376 e. The summed E-state index contributed by atoms with van der Waals surface area (Å²) < 4.78 is 20.3. The number of halogens is 2. The molecule has 3 rings (SSSR count). The zero-order chi connectivity index (χ0) is 16.9. The molecule has 0 saturated carbocycles. The van der Waals surface area contributed by atoms with Crippen molar-refractivity contribution >= 4 is 34.7 Å². The lowest BCUT2D eigenvalue weighted by atomic mass is 10.2. The van der Waals surface area contributed by atoms with E-state index in [1.54, 1.807) is 10.7 Å². The van der Waals surface area contributed by atoms with Crippen molar-refractivity contribution in [2.24, 2.45) is 0 Å². The van der Waals surface area contributed by atoms with Crippen molar-refractivity contribution < 1.29 is 9.13 Å². The summed E-state index contributed by atoms with van der Waals surface area (Å²) in [6, 6.07) is 6.15. The highest BCUT2D eigenvalue weighted by atomic mass is 35.5. The van der Waals surface area contributed by atoms with Gasteiger partial charge in [0.2, 0.25) is 0 Å². The molecule has 0 radical (unpaired) electrons. The molecule has 128 valence electrons. The number of hydrogen-bond donors (Lipinski definition) is 2. The summed E-state index contributed by atoms with van der Waals surface area (Å²) in [5.74, 6) is 0.285. The van der Waals surface area contributed by atoms with Crippen molar-refractivity contribution in [1.29, 1.82) is 0 Å². The van der Waals surface area contributed by atoms with E-state index >= 15 is 0 Å².